The third kappa shape index (κ3) is 2.08. The second-order valence-corrected chi connectivity index (χ2v) is 4.83. The summed E-state index contributed by atoms with van der Waals surface area (Å²) < 4.78 is 0. The van der Waals surface area contributed by atoms with Gasteiger partial charge >= 0.3 is 11.9 Å². The number of hydrogen-bond donors (Lipinski definition) is 2. The lowest BCUT2D eigenvalue weighted by Gasteiger charge is -2.08. The molecule has 0 unspecified atom stereocenters. The van der Waals surface area contributed by atoms with E-state index in [0.29, 0.717) is 21.7 Å². The summed E-state index contributed by atoms with van der Waals surface area (Å²) in [6.45, 7) is 0. The zero-order valence-electron chi connectivity index (χ0n) is 10.5. The molecule has 0 aliphatic rings. The molecule has 21 heavy (non-hydrogen) atoms. The van der Waals surface area contributed by atoms with Crippen LogP contribution in [-0.4, -0.2) is 27.1 Å². The molecule has 2 aromatic carbocycles. The number of carboxylic acids is 2. The van der Waals surface area contributed by atoms with E-state index in [1.807, 2.05) is 0 Å². The highest BCUT2D eigenvalue weighted by atomic mass is 35.5. The van der Waals surface area contributed by atoms with Gasteiger partial charge in [0.15, 0.2) is 0 Å². The van der Waals surface area contributed by atoms with E-state index < -0.39 is 11.9 Å². The highest BCUT2D eigenvalue weighted by Gasteiger charge is 2.16. The van der Waals surface area contributed by atoms with Gasteiger partial charge in [0.05, 0.1) is 16.6 Å². The van der Waals surface area contributed by atoms with Crippen LogP contribution in [0.4, 0.5) is 0 Å². The number of benzene rings is 2. The molecular formula is C15H8ClNO4. The Hall–Kier alpha value is -2.66. The van der Waals surface area contributed by atoms with Gasteiger partial charge in [-0.25, -0.2) is 14.6 Å². The Kier molecular flexibility index (Phi) is 2.99. The molecule has 0 radical (unpaired) electrons. The molecule has 0 saturated heterocycles. The first kappa shape index (κ1) is 13.3. The number of halogens is 1. The van der Waals surface area contributed by atoms with Crippen molar-refractivity contribution in [3.05, 3.63) is 52.7 Å². The average Bonchev–Trinajstić information content (AvgIpc) is 2.45. The van der Waals surface area contributed by atoms with Crippen LogP contribution in [-0.2, 0) is 0 Å². The van der Waals surface area contributed by atoms with Crippen molar-refractivity contribution in [2.45, 2.75) is 0 Å². The van der Waals surface area contributed by atoms with Crippen LogP contribution >= 0.6 is 11.6 Å². The summed E-state index contributed by atoms with van der Waals surface area (Å²) >= 11 is 5.84. The summed E-state index contributed by atoms with van der Waals surface area (Å²) in [5.41, 5.74) is 0.336. The molecule has 0 bridgehead atoms. The molecule has 3 rings (SSSR count). The second kappa shape index (κ2) is 4.71. The minimum Gasteiger partial charge on any atom is -0.478 e. The summed E-state index contributed by atoms with van der Waals surface area (Å²) in [6.07, 6.45) is 0. The predicted octanol–water partition coefficient (Wildman–Crippen LogP) is 3.44. The highest BCUT2D eigenvalue weighted by molar-refractivity contribution is 6.33. The van der Waals surface area contributed by atoms with Gasteiger partial charge in [-0.3, -0.25) is 0 Å². The largest absolute Gasteiger partial charge is 0.478 e. The maximum absolute atomic E-state index is 11.4. The van der Waals surface area contributed by atoms with E-state index in [1.165, 1.54) is 12.1 Å². The quantitative estimate of drug-likeness (QED) is 0.559. The normalized spacial score (nSPS) is 10.9. The lowest BCUT2D eigenvalue weighted by molar-refractivity contribution is 0.0686. The number of aromatic carboxylic acids is 2. The molecule has 0 saturated carbocycles. The van der Waals surface area contributed by atoms with E-state index in [2.05, 4.69) is 4.98 Å². The van der Waals surface area contributed by atoms with Crippen LogP contribution < -0.4 is 0 Å². The molecule has 6 heteroatoms. The van der Waals surface area contributed by atoms with Crippen LogP contribution in [0.25, 0.3) is 21.7 Å². The van der Waals surface area contributed by atoms with E-state index in [1.54, 1.807) is 24.3 Å². The van der Waals surface area contributed by atoms with Crippen molar-refractivity contribution >= 4 is 45.2 Å². The smallest absolute Gasteiger partial charge is 0.338 e. The number of nitrogens with zero attached hydrogens (tertiary/aromatic N) is 1. The monoisotopic (exact) mass is 301 g/mol. The van der Waals surface area contributed by atoms with Crippen LogP contribution in [0.5, 0.6) is 0 Å². The molecule has 2 N–H and O–H groups in total. The lowest BCUT2D eigenvalue weighted by atomic mass is 9.99. The third-order valence-electron chi connectivity index (χ3n) is 3.25. The number of rotatable bonds is 2. The van der Waals surface area contributed by atoms with Crippen molar-refractivity contribution in [2.24, 2.45) is 0 Å². The topological polar surface area (TPSA) is 87.5 Å². The number of carbonyl (C=O) groups is 2. The summed E-state index contributed by atoms with van der Waals surface area (Å²) in [5, 5.41) is 20.0. The number of aromatic nitrogens is 1. The molecule has 0 fully saturated rings. The minimum absolute atomic E-state index is 0.102. The van der Waals surface area contributed by atoms with Crippen molar-refractivity contribution in [2.75, 3.05) is 0 Å². The van der Waals surface area contributed by atoms with E-state index in [9.17, 15) is 14.7 Å². The van der Waals surface area contributed by atoms with E-state index >= 15 is 0 Å². The van der Waals surface area contributed by atoms with Crippen molar-refractivity contribution in [3.63, 3.8) is 0 Å². The molecule has 0 aliphatic heterocycles. The van der Waals surface area contributed by atoms with Gasteiger partial charge in [0.1, 0.15) is 5.15 Å². The maximum atomic E-state index is 11.4. The number of carboxylic acid groups (broad SMARTS) is 2. The molecule has 1 aromatic heterocycles. The zero-order chi connectivity index (χ0) is 15.1. The van der Waals surface area contributed by atoms with Crippen LogP contribution in [0.3, 0.4) is 0 Å². The Bertz CT molecular complexity index is 920. The number of pyridine rings is 1. The van der Waals surface area contributed by atoms with Crippen molar-refractivity contribution < 1.29 is 19.8 Å². The predicted molar refractivity (Wildman–Crippen MR) is 78.2 cm³/mol. The minimum atomic E-state index is -1.18. The van der Waals surface area contributed by atoms with Crippen molar-refractivity contribution in [1.82, 2.24) is 4.98 Å². The van der Waals surface area contributed by atoms with Crippen LogP contribution in [0.1, 0.15) is 20.7 Å². The van der Waals surface area contributed by atoms with Gasteiger partial charge < -0.3 is 10.2 Å². The molecule has 1 heterocycles. The van der Waals surface area contributed by atoms with Crippen LogP contribution in [0.15, 0.2) is 36.4 Å². The summed E-state index contributed by atoms with van der Waals surface area (Å²) in [5.74, 6) is -2.26. The Morgan fingerprint density at radius 1 is 0.905 bits per heavy atom. The van der Waals surface area contributed by atoms with Crippen molar-refractivity contribution in [1.29, 1.82) is 0 Å². The zero-order valence-corrected chi connectivity index (χ0v) is 11.3. The Morgan fingerprint density at radius 2 is 1.52 bits per heavy atom. The molecule has 0 atom stereocenters. The van der Waals surface area contributed by atoms with Gasteiger partial charge in [-0.2, -0.15) is 0 Å². The van der Waals surface area contributed by atoms with Gasteiger partial charge in [-0.15, -0.1) is 0 Å². The van der Waals surface area contributed by atoms with Crippen LogP contribution in [0, 0.1) is 0 Å². The maximum Gasteiger partial charge on any atom is 0.338 e. The average molecular weight is 302 g/mol. The molecule has 0 spiro atoms. The summed E-state index contributed by atoms with van der Waals surface area (Å²) in [6, 6.07) is 9.70. The van der Waals surface area contributed by atoms with Gasteiger partial charge in [0.25, 0.3) is 0 Å². The number of fused-ring (bicyclic) bond motifs is 3. The van der Waals surface area contributed by atoms with E-state index in [4.69, 9.17) is 16.7 Å². The van der Waals surface area contributed by atoms with E-state index in [-0.39, 0.29) is 16.3 Å². The fraction of sp³-hybridized carbons (Fsp3) is 0. The first-order chi connectivity index (χ1) is 9.99. The van der Waals surface area contributed by atoms with Crippen molar-refractivity contribution in [3.8, 4) is 0 Å². The summed E-state index contributed by atoms with van der Waals surface area (Å²) in [4.78, 5) is 26.5. The Labute approximate surface area is 123 Å². The molecule has 104 valence electrons. The van der Waals surface area contributed by atoms with E-state index in [0.717, 1.165) is 0 Å². The fourth-order valence-corrected chi connectivity index (χ4v) is 2.55. The third-order valence-corrected chi connectivity index (χ3v) is 3.54. The van der Waals surface area contributed by atoms with Gasteiger partial charge in [0, 0.05) is 5.39 Å². The van der Waals surface area contributed by atoms with Gasteiger partial charge in [-0.05, 0) is 22.9 Å². The molecular weight excluding hydrogens is 294 g/mol. The lowest BCUT2D eigenvalue weighted by Crippen LogP contribution is -2.02. The standard InChI is InChI=1S/C15H8ClNO4/c16-13-11(15(20)21)5-9-7-3-1-2-4-8(7)10(14(18)19)6-12(9)17-13/h1-6H,(H,18,19)(H,20,21). The molecule has 3 aromatic rings. The fourth-order valence-electron chi connectivity index (χ4n) is 2.32. The molecule has 0 aliphatic carbocycles. The Balaban J connectivity index is 2.53. The number of hydrogen-bond acceptors (Lipinski definition) is 3. The first-order valence-electron chi connectivity index (χ1n) is 5.97. The second-order valence-electron chi connectivity index (χ2n) is 4.47. The molecule has 0 amide bonds. The molecule has 5 nitrogen and oxygen atoms in total. The first-order valence-corrected chi connectivity index (χ1v) is 6.35. The van der Waals surface area contributed by atoms with Gasteiger partial charge in [0.2, 0.25) is 0 Å². The Morgan fingerprint density at radius 3 is 2.14 bits per heavy atom. The highest BCUT2D eigenvalue weighted by Crippen LogP contribution is 2.30. The van der Waals surface area contributed by atoms with Crippen LogP contribution in [0.2, 0.25) is 5.15 Å². The summed E-state index contributed by atoms with van der Waals surface area (Å²) in [7, 11) is 0. The SMILES string of the molecule is O=C(O)c1cc2c(cc(C(=O)O)c3ccccc32)nc1Cl. The van der Waals surface area contributed by atoms with Gasteiger partial charge in [-0.1, -0.05) is 35.9 Å².